The SMILES string of the molecule is O=C(Nc1cccc(C(F)(F)F)c1)N1CCc2ccccc2C1. The number of carbonyl (C=O) groups is 1. The van der Waals surface area contributed by atoms with Crippen LogP contribution in [0.4, 0.5) is 23.7 Å². The van der Waals surface area contributed by atoms with Crippen LogP contribution in [0.15, 0.2) is 48.5 Å². The molecule has 0 unspecified atom stereocenters. The largest absolute Gasteiger partial charge is 0.416 e. The van der Waals surface area contributed by atoms with Crippen molar-refractivity contribution >= 4 is 11.7 Å². The molecule has 0 aliphatic carbocycles. The van der Waals surface area contributed by atoms with Gasteiger partial charge in [0.15, 0.2) is 0 Å². The Bertz CT molecular complexity index is 728. The molecule has 0 aromatic heterocycles. The van der Waals surface area contributed by atoms with E-state index in [0.717, 1.165) is 24.1 Å². The number of urea groups is 1. The van der Waals surface area contributed by atoms with Gasteiger partial charge in [-0.1, -0.05) is 30.3 Å². The molecule has 23 heavy (non-hydrogen) atoms. The Morgan fingerprint density at radius 1 is 1.04 bits per heavy atom. The summed E-state index contributed by atoms with van der Waals surface area (Å²) < 4.78 is 38.1. The molecule has 6 heteroatoms. The number of benzene rings is 2. The van der Waals surface area contributed by atoms with Gasteiger partial charge in [-0.15, -0.1) is 0 Å². The molecule has 0 bridgehead atoms. The molecule has 0 radical (unpaired) electrons. The minimum Gasteiger partial charge on any atom is -0.320 e. The van der Waals surface area contributed by atoms with Gasteiger partial charge in [-0.25, -0.2) is 4.79 Å². The summed E-state index contributed by atoms with van der Waals surface area (Å²) in [7, 11) is 0. The fraction of sp³-hybridized carbons (Fsp3) is 0.235. The van der Waals surface area contributed by atoms with Crippen molar-refractivity contribution in [3.05, 3.63) is 65.2 Å². The quantitative estimate of drug-likeness (QED) is 0.835. The van der Waals surface area contributed by atoms with Crippen LogP contribution < -0.4 is 5.32 Å². The number of hydrogen-bond donors (Lipinski definition) is 1. The molecule has 120 valence electrons. The molecule has 3 rings (SSSR count). The van der Waals surface area contributed by atoms with Crippen molar-refractivity contribution in [3.8, 4) is 0 Å². The molecule has 1 aliphatic rings. The second-order valence-electron chi connectivity index (χ2n) is 5.45. The Hall–Kier alpha value is -2.50. The Morgan fingerprint density at radius 3 is 2.52 bits per heavy atom. The molecular weight excluding hydrogens is 305 g/mol. The predicted molar refractivity (Wildman–Crippen MR) is 81.0 cm³/mol. The molecule has 0 fully saturated rings. The first-order valence-electron chi connectivity index (χ1n) is 7.23. The van der Waals surface area contributed by atoms with Crippen LogP contribution in [-0.4, -0.2) is 17.5 Å². The average Bonchev–Trinajstić information content (AvgIpc) is 2.54. The highest BCUT2D eigenvalue weighted by Gasteiger charge is 2.30. The summed E-state index contributed by atoms with van der Waals surface area (Å²) >= 11 is 0. The maximum absolute atomic E-state index is 12.7. The average molecular weight is 320 g/mol. The van der Waals surface area contributed by atoms with E-state index in [2.05, 4.69) is 5.32 Å². The third-order valence-corrected chi connectivity index (χ3v) is 3.86. The molecule has 0 saturated heterocycles. The normalized spacial score (nSPS) is 14.3. The van der Waals surface area contributed by atoms with E-state index in [1.54, 1.807) is 4.90 Å². The van der Waals surface area contributed by atoms with Gasteiger partial charge >= 0.3 is 12.2 Å². The summed E-state index contributed by atoms with van der Waals surface area (Å²) in [5.41, 5.74) is 1.64. The second-order valence-corrected chi connectivity index (χ2v) is 5.45. The topological polar surface area (TPSA) is 32.3 Å². The van der Waals surface area contributed by atoms with Crippen LogP contribution in [0.5, 0.6) is 0 Å². The number of fused-ring (bicyclic) bond motifs is 1. The van der Waals surface area contributed by atoms with Crippen molar-refractivity contribution in [1.29, 1.82) is 0 Å². The first-order chi connectivity index (χ1) is 10.9. The summed E-state index contributed by atoms with van der Waals surface area (Å²) in [6, 6.07) is 12.1. The monoisotopic (exact) mass is 320 g/mol. The second kappa shape index (κ2) is 5.95. The molecule has 0 spiro atoms. The van der Waals surface area contributed by atoms with E-state index < -0.39 is 11.7 Å². The summed E-state index contributed by atoms with van der Waals surface area (Å²) in [6.45, 7) is 1.00. The van der Waals surface area contributed by atoms with Gasteiger partial charge in [0.2, 0.25) is 0 Å². The highest BCUT2D eigenvalue weighted by molar-refractivity contribution is 5.89. The summed E-state index contributed by atoms with van der Waals surface area (Å²) in [6.07, 6.45) is -3.68. The van der Waals surface area contributed by atoms with Gasteiger partial charge in [0.1, 0.15) is 0 Å². The lowest BCUT2D eigenvalue weighted by atomic mass is 10.0. The number of amides is 2. The van der Waals surface area contributed by atoms with Crippen molar-refractivity contribution in [2.75, 3.05) is 11.9 Å². The number of halogens is 3. The standard InChI is InChI=1S/C17H15F3N2O/c18-17(19,20)14-6-3-7-15(10-14)21-16(23)22-9-8-12-4-1-2-5-13(12)11-22/h1-7,10H,8-9,11H2,(H,21,23). The molecule has 1 heterocycles. The first kappa shape index (κ1) is 15.4. The Kier molecular flexibility index (Phi) is 3.98. The van der Waals surface area contributed by atoms with Crippen LogP contribution in [0, 0.1) is 0 Å². The zero-order chi connectivity index (χ0) is 16.4. The Labute approximate surface area is 131 Å². The minimum atomic E-state index is -4.43. The van der Waals surface area contributed by atoms with Gasteiger partial charge in [0.25, 0.3) is 0 Å². The highest BCUT2D eigenvalue weighted by Crippen LogP contribution is 2.30. The Morgan fingerprint density at radius 2 is 1.78 bits per heavy atom. The molecule has 3 nitrogen and oxygen atoms in total. The molecule has 2 aromatic carbocycles. The highest BCUT2D eigenvalue weighted by atomic mass is 19.4. The lowest BCUT2D eigenvalue weighted by Crippen LogP contribution is -2.38. The summed E-state index contributed by atoms with van der Waals surface area (Å²) in [5, 5.41) is 2.54. The summed E-state index contributed by atoms with van der Waals surface area (Å²) in [4.78, 5) is 13.9. The van der Waals surface area contributed by atoms with E-state index in [9.17, 15) is 18.0 Å². The van der Waals surface area contributed by atoms with Gasteiger partial charge in [0, 0.05) is 18.8 Å². The lowest BCUT2D eigenvalue weighted by Gasteiger charge is -2.29. The van der Waals surface area contributed by atoms with Crippen LogP contribution in [0.1, 0.15) is 16.7 Å². The molecule has 2 amide bonds. The number of carbonyl (C=O) groups excluding carboxylic acids is 1. The van der Waals surface area contributed by atoms with Crippen molar-refractivity contribution in [1.82, 2.24) is 4.90 Å². The minimum absolute atomic E-state index is 0.142. The van der Waals surface area contributed by atoms with Crippen LogP contribution in [0.3, 0.4) is 0 Å². The van der Waals surface area contributed by atoms with Crippen LogP contribution in [-0.2, 0) is 19.1 Å². The van der Waals surface area contributed by atoms with Crippen molar-refractivity contribution in [2.24, 2.45) is 0 Å². The zero-order valence-electron chi connectivity index (χ0n) is 12.2. The van der Waals surface area contributed by atoms with Gasteiger partial charge < -0.3 is 10.2 Å². The number of hydrogen-bond acceptors (Lipinski definition) is 1. The van der Waals surface area contributed by atoms with E-state index in [0.29, 0.717) is 13.1 Å². The van der Waals surface area contributed by atoms with E-state index in [1.807, 2.05) is 24.3 Å². The molecule has 0 atom stereocenters. The van der Waals surface area contributed by atoms with E-state index in [4.69, 9.17) is 0 Å². The van der Waals surface area contributed by atoms with Crippen LogP contribution in [0.2, 0.25) is 0 Å². The third-order valence-electron chi connectivity index (χ3n) is 3.86. The van der Waals surface area contributed by atoms with E-state index in [-0.39, 0.29) is 11.7 Å². The number of rotatable bonds is 1. The third kappa shape index (κ3) is 3.47. The molecule has 2 aromatic rings. The van der Waals surface area contributed by atoms with Crippen molar-refractivity contribution < 1.29 is 18.0 Å². The summed E-state index contributed by atoms with van der Waals surface area (Å²) in [5.74, 6) is 0. The van der Waals surface area contributed by atoms with E-state index >= 15 is 0 Å². The number of alkyl halides is 3. The maximum Gasteiger partial charge on any atom is 0.416 e. The Balaban J connectivity index is 1.71. The fourth-order valence-corrected chi connectivity index (χ4v) is 2.64. The predicted octanol–water partition coefficient (Wildman–Crippen LogP) is 4.30. The van der Waals surface area contributed by atoms with Gasteiger partial charge in [0.05, 0.1) is 5.56 Å². The molecule has 1 aliphatic heterocycles. The number of nitrogens with one attached hydrogen (secondary N) is 1. The van der Waals surface area contributed by atoms with Crippen molar-refractivity contribution in [3.63, 3.8) is 0 Å². The molecule has 1 N–H and O–H groups in total. The van der Waals surface area contributed by atoms with Gasteiger partial charge in [-0.2, -0.15) is 13.2 Å². The zero-order valence-corrected chi connectivity index (χ0v) is 12.2. The number of nitrogens with zero attached hydrogens (tertiary/aromatic N) is 1. The van der Waals surface area contributed by atoms with Crippen LogP contribution >= 0.6 is 0 Å². The maximum atomic E-state index is 12.7. The van der Waals surface area contributed by atoms with Crippen LogP contribution in [0.25, 0.3) is 0 Å². The van der Waals surface area contributed by atoms with Gasteiger partial charge in [-0.3, -0.25) is 0 Å². The number of anilines is 1. The molecular formula is C17H15F3N2O. The molecule has 0 saturated carbocycles. The van der Waals surface area contributed by atoms with E-state index in [1.165, 1.54) is 17.7 Å². The first-order valence-corrected chi connectivity index (χ1v) is 7.23. The smallest absolute Gasteiger partial charge is 0.320 e. The lowest BCUT2D eigenvalue weighted by molar-refractivity contribution is -0.137. The van der Waals surface area contributed by atoms with Gasteiger partial charge in [-0.05, 0) is 35.7 Å². The fourth-order valence-electron chi connectivity index (χ4n) is 2.64. The van der Waals surface area contributed by atoms with Crippen molar-refractivity contribution in [2.45, 2.75) is 19.1 Å².